The smallest absolute Gasteiger partial charge is 0.324 e. The van der Waals surface area contributed by atoms with Crippen LogP contribution in [0, 0.1) is 6.92 Å². The van der Waals surface area contributed by atoms with Gasteiger partial charge in [-0.2, -0.15) is 0 Å². The van der Waals surface area contributed by atoms with Crippen LogP contribution < -0.4 is 25.4 Å². The fourth-order valence-corrected chi connectivity index (χ4v) is 4.50. The number of hydrogen-bond donors (Lipinski definition) is 3. The summed E-state index contributed by atoms with van der Waals surface area (Å²) >= 11 is 0. The lowest BCUT2D eigenvalue weighted by atomic mass is 10.2. The molecule has 2 aromatic carbocycles. The second-order valence-corrected chi connectivity index (χ2v) is 9.27. The predicted molar refractivity (Wildman–Crippen MR) is 144 cm³/mol. The van der Waals surface area contributed by atoms with Crippen LogP contribution in [0.3, 0.4) is 0 Å². The molecule has 3 aromatic rings. The Hall–Kier alpha value is -3.51. The molecule has 0 bridgehead atoms. The summed E-state index contributed by atoms with van der Waals surface area (Å²) in [7, 11) is 1.60. The number of fused-ring (bicyclic) bond motifs is 1. The fourth-order valence-electron chi connectivity index (χ4n) is 4.50. The maximum atomic E-state index is 13.0. The third-order valence-corrected chi connectivity index (χ3v) is 6.49. The third-order valence-electron chi connectivity index (χ3n) is 6.49. The van der Waals surface area contributed by atoms with Crippen LogP contribution in [0.5, 0.6) is 11.5 Å². The van der Waals surface area contributed by atoms with Gasteiger partial charge in [0.25, 0.3) is 0 Å². The number of morpholine rings is 2. The van der Waals surface area contributed by atoms with Crippen molar-refractivity contribution in [3.63, 3.8) is 0 Å². The average molecular weight is 523 g/mol. The number of nitrogens with zero attached hydrogens (tertiary/aromatic N) is 3. The first-order chi connectivity index (χ1) is 18.6. The minimum atomic E-state index is -0.408. The molecule has 0 aliphatic carbocycles. The zero-order chi connectivity index (χ0) is 26.3. The van der Waals surface area contributed by atoms with E-state index in [1.165, 1.54) is 0 Å². The van der Waals surface area contributed by atoms with E-state index in [0.29, 0.717) is 59.5 Å². The molecule has 0 radical (unpaired) electrons. The van der Waals surface area contributed by atoms with Crippen molar-refractivity contribution in [2.75, 3.05) is 76.9 Å². The van der Waals surface area contributed by atoms with Crippen LogP contribution >= 0.6 is 0 Å². The summed E-state index contributed by atoms with van der Waals surface area (Å²) in [5, 5.41) is 9.72. The van der Waals surface area contributed by atoms with Crippen molar-refractivity contribution in [3.8, 4) is 11.5 Å². The first-order valence-corrected chi connectivity index (χ1v) is 12.9. The van der Waals surface area contributed by atoms with Gasteiger partial charge in [-0.25, -0.2) is 14.8 Å². The van der Waals surface area contributed by atoms with E-state index in [4.69, 9.17) is 28.9 Å². The lowest BCUT2D eigenvalue weighted by Gasteiger charge is -2.26. The van der Waals surface area contributed by atoms with Gasteiger partial charge in [0, 0.05) is 49.9 Å². The number of anilines is 2. The van der Waals surface area contributed by atoms with Crippen LogP contribution in [0.25, 0.3) is 10.9 Å². The number of amides is 2. The van der Waals surface area contributed by atoms with Gasteiger partial charge in [0.05, 0.1) is 32.4 Å². The molecule has 2 aliphatic heterocycles. The maximum Gasteiger partial charge on any atom is 0.324 e. The van der Waals surface area contributed by atoms with Crippen molar-refractivity contribution < 1.29 is 23.7 Å². The summed E-state index contributed by atoms with van der Waals surface area (Å²) in [6.07, 6.45) is -0.330. The molecule has 2 saturated heterocycles. The van der Waals surface area contributed by atoms with Gasteiger partial charge in [-0.3, -0.25) is 10.2 Å². The van der Waals surface area contributed by atoms with Crippen LogP contribution in [-0.2, 0) is 9.47 Å². The molecule has 38 heavy (non-hydrogen) atoms. The Kier molecular flexibility index (Phi) is 8.49. The van der Waals surface area contributed by atoms with Crippen LogP contribution in [0.2, 0.25) is 0 Å². The number of ether oxygens (including phenoxy) is 4. The number of aromatic nitrogens is 2. The predicted octanol–water partition coefficient (Wildman–Crippen LogP) is 2.96. The van der Waals surface area contributed by atoms with Gasteiger partial charge in [-0.15, -0.1) is 0 Å². The average Bonchev–Trinajstić information content (AvgIpc) is 2.94. The number of urea groups is 1. The second-order valence-electron chi connectivity index (χ2n) is 9.27. The van der Waals surface area contributed by atoms with Crippen molar-refractivity contribution in [1.29, 1.82) is 0 Å². The standard InChI is InChI=1S/C27H34N6O5/c1-18-4-3-5-19(14-18)29-27(34)32-25-20-15-23(38-13-9-33-7-11-36-12-8-33)22(35-2)16-21(20)30-26(31-25)24-17-28-6-10-37-24/h3-5,14-16,24,28H,6-13,17H2,1-2H3,(H2,29,30,31,32,34). The quantitative estimate of drug-likeness (QED) is 0.410. The summed E-state index contributed by atoms with van der Waals surface area (Å²) in [4.78, 5) is 24.7. The normalized spacial score (nSPS) is 18.2. The monoisotopic (exact) mass is 522 g/mol. The second kappa shape index (κ2) is 12.4. The van der Waals surface area contributed by atoms with E-state index in [1.54, 1.807) is 7.11 Å². The Morgan fingerprint density at radius 1 is 1.13 bits per heavy atom. The van der Waals surface area contributed by atoms with Gasteiger partial charge in [0.15, 0.2) is 17.3 Å². The Morgan fingerprint density at radius 3 is 2.76 bits per heavy atom. The molecule has 3 heterocycles. The summed E-state index contributed by atoms with van der Waals surface area (Å²) < 4.78 is 23.1. The zero-order valence-corrected chi connectivity index (χ0v) is 21.8. The minimum Gasteiger partial charge on any atom is -0.493 e. The summed E-state index contributed by atoms with van der Waals surface area (Å²) in [6, 6.07) is 10.8. The molecule has 1 unspecified atom stereocenters. The van der Waals surface area contributed by atoms with Gasteiger partial charge >= 0.3 is 6.03 Å². The molecule has 5 rings (SSSR count). The van der Waals surface area contributed by atoms with Crippen molar-refractivity contribution in [3.05, 3.63) is 47.8 Å². The van der Waals surface area contributed by atoms with Crippen molar-refractivity contribution in [2.24, 2.45) is 0 Å². The topological polar surface area (TPSA) is 119 Å². The van der Waals surface area contributed by atoms with Gasteiger partial charge < -0.3 is 29.6 Å². The van der Waals surface area contributed by atoms with E-state index in [-0.39, 0.29) is 6.10 Å². The molecule has 0 saturated carbocycles. The lowest BCUT2D eigenvalue weighted by Crippen LogP contribution is -2.38. The van der Waals surface area contributed by atoms with Crippen LogP contribution in [0.1, 0.15) is 17.5 Å². The Labute approximate surface area is 221 Å². The highest BCUT2D eigenvalue weighted by molar-refractivity contribution is 6.04. The number of carbonyl (C=O) groups excluding carboxylic acids is 1. The number of carbonyl (C=O) groups is 1. The summed E-state index contributed by atoms with van der Waals surface area (Å²) in [6.45, 7) is 8.38. The molecule has 2 aliphatic rings. The van der Waals surface area contributed by atoms with Gasteiger partial charge in [0.2, 0.25) is 0 Å². The largest absolute Gasteiger partial charge is 0.493 e. The number of nitrogens with one attached hydrogen (secondary N) is 3. The van der Waals surface area contributed by atoms with Gasteiger partial charge in [0.1, 0.15) is 18.5 Å². The van der Waals surface area contributed by atoms with Crippen LogP contribution in [0.15, 0.2) is 36.4 Å². The maximum absolute atomic E-state index is 13.0. The highest BCUT2D eigenvalue weighted by Crippen LogP contribution is 2.35. The van der Waals surface area contributed by atoms with E-state index in [2.05, 4.69) is 20.9 Å². The molecular formula is C27H34N6O5. The van der Waals surface area contributed by atoms with Crippen molar-refractivity contribution in [2.45, 2.75) is 13.0 Å². The van der Waals surface area contributed by atoms with Crippen LogP contribution in [0.4, 0.5) is 16.3 Å². The van der Waals surface area contributed by atoms with Crippen molar-refractivity contribution in [1.82, 2.24) is 20.2 Å². The fraction of sp³-hybridized carbons (Fsp3) is 0.444. The van der Waals surface area contributed by atoms with E-state index in [1.807, 2.05) is 43.3 Å². The van der Waals surface area contributed by atoms with Crippen LogP contribution in [-0.4, -0.2) is 87.2 Å². The van der Waals surface area contributed by atoms with E-state index in [9.17, 15) is 4.79 Å². The SMILES string of the molecule is COc1cc2nc(C3CNCCO3)nc(NC(=O)Nc3cccc(C)c3)c2cc1OCCN1CCOCC1. The first-order valence-electron chi connectivity index (χ1n) is 12.9. The number of benzene rings is 2. The number of hydrogen-bond acceptors (Lipinski definition) is 9. The Balaban J connectivity index is 1.43. The number of rotatable bonds is 8. The number of methoxy groups -OCH3 is 1. The molecule has 11 nitrogen and oxygen atoms in total. The van der Waals surface area contributed by atoms with Gasteiger partial charge in [-0.1, -0.05) is 12.1 Å². The zero-order valence-electron chi connectivity index (χ0n) is 21.8. The first kappa shape index (κ1) is 26.1. The minimum absolute atomic E-state index is 0.330. The van der Waals surface area contributed by atoms with Crippen molar-refractivity contribution >= 4 is 28.4 Å². The Bertz CT molecular complexity index is 1260. The number of aryl methyl sites for hydroxylation is 1. The lowest BCUT2D eigenvalue weighted by molar-refractivity contribution is 0.0224. The molecule has 0 spiro atoms. The molecule has 1 aromatic heterocycles. The highest BCUT2D eigenvalue weighted by atomic mass is 16.5. The molecular weight excluding hydrogens is 488 g/mol. The van der Waals surface area contributed by atoms with Gasteiger partial charge in [-0.05, 0) is 30.7 Å². The molecule has 3 N–H and O–H groups in total. The molecule has 1 atom stereocenters. The molecule has 2 amide bonds. The van der Waals surface area contributed by atoms with E-state index in [0.717, 1.165) is 45.0 Å². The highest BCUT2D eigenvalue weighted by Gasteiger charge is 2.23. The molecule has 11 heteroatoms. The Morgan fingerprint density at radius 2 is 2.00 bits per heavy atom. The third kappa shape index (κ3) is 6.48. The molecule has 2 fully saturated rings. The van der Waals surface area contributed by atoms with E-state index >= 15 is 0 Å². The van der Waals surface area contributed by atoms with E-state index < -0.39 is 6.03 Å². The summed E-state index contributed by atoms with van der Waals surface area (Å²) in [5.74, 6) is 1.97. The molecule has 202 valence electrons. The summed E-state index contributed by atoms with van der Waals surface area (Å²) in [5.41, 5.74) is 2.35.